The number of amides is 1. The zero-order chi connectivity index (χ0) is 19.0. The number of nitrogens with zero attached hydrogens (tertiary/aromatic N) is 3. The second-order valence-electron chi connectivity index (χ2n) is 8.04. The first-order chi connectivity index (χ1) is 12.9. The number of piperidine rings is 1. The number of para-hydroxylation sites is 1. The van der Waals surface area contributed by atoms with Crippen molar-refractivity contribution in [1.29, 1.82) is 0 Å². The van der Waals surface area contributed by atoms with Gasteiger partial charge in [0.05, 0.1) is 18.2 Å². The largest absolute Gasteiger partial charge is 0.487 e. The predicted molar refractivity (Wildman–Crippen MR) is 104 cm³/mol. The van der Waals surface area contributed by atoms with Crippen molar-refractivity contribution in [2.24, 2.45) is 7.05 Å². The second kappa shape index (κ2) is 7.00. The molecule has 3 heterocycles. The van der Waals surface area contributed by atoms with Crippen molar-refractivity contribution in [2.45, 2.75) is 44.2 Å². The van der Waals surface area contributed by atoms with Gasteiger partial charge in [-0.25, -0.2) is 0 Å². The molecular weight excluding hydrogens is 340 g/mol. The molecule has 0 aliphatic carbocycles. The van der Waals surface area contributed by atoms with Gasteiger partial charge < -0.3 is 15.0 Å². The van der Waals surface area contributed by atoms with E-state index < -0.39 is 0 Å². The van der Waals surface area contributed by atoms with Gasteiger partial charge in [0, 0.05) is 43.9 Å². The van der Waals surface area contributed by atoms with E-state index >= 15 is 0 Å². The maximum absolute atomic E-state index is 12.8. The Morgan fingerprint density at radius 1 is 1.30 bits per heavy atom. The van der Waals surface area contributed by atoms with Crippen LogP contribution in [0.2, 0.25) is 0 Å². The summed E-state index contributed by atoms with van der Waals surface area (Å²) in [6.07, 6.45) is 5.09. The molecule has 1 atom stereocenters. The lowest BCUT2D eigenvalue weighted by Crippen LogP contribution is -2.51. The minimum atomic E-state index is -0.178. The number of benzene rings is 1. The maximum Gasteiger partial charge on any atom is 0.225 e. The molecule has 2 aromatic rings. The molecule has 2 aliphatic rings. The minimum absolute atomic E-state index is 0.0113. The van der Waals surface area contributed by atoms with Gasteiger partial charge in [-0.3, -0.25) is 9.48 Å². The molecule has 1 aromatic heterocycles. The van der Waals surface area contributed by atoms with Crippen LogP contribution in [0.1, 0.15) is 42.1 Å². The number of nitrogens with one attached hydrogen (secondary N) is 1. The normalized spacial score (nSPS) is 21.5. The first-order valence-electron chi connectivity index (χ1n) is 9.69. The molecule has 1 aromatic carbocycles. The number of hydrogen-bond donors (Lipinski definition) is 1. The zero-order valence-corrected chi connectivity index (χ0v) is 16.4. The molecule has 6 heteroatoms. The van der Waals surface area contributed by atoms with E-state index in [4.69, 9.17) is 4.74 Å². The van der Waals surface area contributed by atoms with Crippen LogP contribution in [-0.2, 0) is 18.3 Å². The summed E-state index contributed by atoms with van der Waals surface area (Å²) in [4.78, 5) is 15.1. The first-order valence-corrected chi connectivity index (χ1v) is 9.69. The van der Waals surface area contributed by atoms with Crippen molar-refractivity contribution >= 4 is 5.91 Å². The third kappa shape index (κ3) is 3.72. The summed E-state index contributed by atoms with van der Waals surface area (Å²) >= 11 is 0. The van der Waals surface area contributed by atoms with E-state index in [0.717, 1.165) is 54.9 Å². The molecular formula is C21H28N4O2. The highest BCUT2D eigenvalue weighted by Gasteiger charge is 2.43. The molecule has 1 unspecified atom stereocenters. The van der Waals surface area contributed by atoms with Crippen LogP contribution in [0.15, 0.2) is 30.5 Å². The summed E-state index contributed by atoms with van der Waals surface area (Å²) in [5, 5.41) is 7.61. The first kappa shape index (κ1) is 18.0. The molecule has 6 nitrogen and oxygen atoms in total. The fourth-order valence-corrected chi connectivity index (χ4v) is 4.32. The van der Waals surface area contributed by atoms with Crippen LogP contribution in [0.3, 0.4) is 0 Å². The highest BCUT2D eigenvalue weighted by atomic mass is 16.5. The van der Waals surface area contributed by atoms with E-state index in [1.807, 2.05) is 38.4 Å². The minimum Gasteiger partial charge on any atom is -0.487 e. The lowest BCUT2D eigenvalue weighted by Gasteiger charge is -2.46. The molecule has 1 fully saturated rings. The average molecular weight is 368 g/mol. The van der Waals surface area contributed by atoms with E-state index in [9.17, 15) is 4.79 Å². The highest BCUT2D eigenvalue weighted by Crippen LogP contribution is 2.44. The van der Waals surface area contributed by atoms with Gasteiger partial charge in [-0.05, 0) is 32.9 Å². The lowest BCUT2D eigenvalue weighted by atomic mass is 9.80. The Balaban J connectivity index is 1.53. The Morgan fingerprint density at radius 3 is 2.74 bits per heavy atom. The zero-order valence-electron chi connectivity index (χ0n) is 16.4. The third-order valence-electron chi connectivity index (χ3n) is 5.90. The van der Waals surface area contributed by atoms with Gasteiger partial charge in [0.2, 0.25) is 5.91 Å². The van der Waals surface area contributed by atoms with E-state index in [0.29, 0.717) is 6.42 Å². The maximum atomic E-state index is 12.8. The molecule has 0 radical (unpaired) electrons. The summed E-state index contributed by atoms with van der Waals surface area (Å²) in [6.45, 7) is 4.00. The van der Waals surface area contributed by atoms with Crippen molar-refractivity contribution in [3.8, 4) is 5.75 Å². The van der Waals surface area contributed by atoms with Gasteiger partial charge in [0.15, 0.2) is 0 Å². The molecule has 1 saturated heterocycles. The van der Waals surface area contributed by atoms with Crippen molar-refractivity contribution < 1.29 is 9.53 Å². The number of rotatable bonds is 3. The molecule has 2 aliphatic heterocycles. The van der Waals surface area contributed by atoms with Gasteiger partial charge in [-0.1, -0.05) is 18.2 Å². The van der Waals surface area contributed by atoms with Gasteiger partial charge in [0.25, 0.3) is 0 Å². The van der Waals surface area contributed by atoms with Gasteiger partial charge in [-0.2, -0.15) is 5.10 Å². The van der Waals surface area contributed by atoms with E-state index in [1.165, 1.54) is 0 Å². The molecule has 144 valence electrons. The van der Waals surface area contributed by atoms with Crippen molar-refractivity contribution in [3.63, 3.8) is 0 Å². The number of fused-ring (bicyclic) bond motifs is 1. The SMILES string of the molecule is Cc1nn(C)cc1CC(=O)NC1CC2(CCN(C)CC2)Oc2ccccc21. The fraction of sp³-hybridized carbons (Fsp3) is 0.524. The Labute approximate surface area is 160 Å². The lowest BCUT2D eigenvalue weighted by molar-refractivity contribution is -0.122. The molecule has 1 amide bonds. The van der Waals surface area contributed by atoms with Gasteiger partial charge in [0.1, 0.15) is 11.4 Å². The van der Waals surface area contributed by atoms with Crippen molar-refractivity contribution in [1.82, 2.24) is 20.0 Å². The monoisotopic (exact) mass is 368 g/mol. The van der Waals surface area contributed by atoms with Gasteiger partial charge >= 0.3 is 0 Å². The summed E-state index contributed by atoms with van der Waals surface area (Å²) in [7, 11) is 4.03. The van der Waals surface area contributed by atoms with E-state index in [-0.39, 0.29) is 17.6 Å². The Kier molecular flexibility index (Phi) is 4.68. The summed E-state index contributed by atoms with van der Waals surface area (Å²) < 4.78 is 8.23. The second-order valence-corrected chi connectivity index (χ2v) is 8.04. The number of aromatic nitrogens is 2. The van der Waals surface area contributed by atoms with Crippen molar-refractivity contribution in [3.05, 3.63) is 47.3 Å². The van der Waals surface area contributed by atoms with Crippen LogP contribution >= 0.6 is 0 Å². The smallest absolute Gasteiger partial charge is 0.225 e. The molecule has 0 saturated carbocycles. The Morgan fingerprint density at radius 2 is 2.04 bits per heavy atom. The number of hydrogen-bond acceptors (Lipinski definition) is 4. The number of carbonyl (C=O) groups is 1. The standard InChI is InChI=1S/C21H28N4O2/c1-15-16(14-25(3)23-15)12-20(26)22-18-13-21(8-10-24(2)11-9-21)27-19-7-5-4-6-17(18)19/h4-7,14,18H,8-13H2,1-3H3,(H,22,26). The average Bonchev–Trinajstić information content (AvgIpc) is 2.95. The van der Waals surface area contributed by atoms with Gasteiger partial charge in [-0.15, -0.1) is 0 Å². The predicted octanol–water partition coefficient (Wildman–Crippen LogP) is 2.38. The Hall–Kier alpha value is -2.34. The molecule has 1 N–H and O–H groups in total. The molecule has 1 spiro atoms. The fourth-order valence-electron chi connectivity index (χ4n) is 4.32. The topological polar surface area (TPSA) is 59.4 Å². The summed E-state index contributed by atoms with van der Waals surface area (Å²) in [5.41, 5.74) is 2.79. The number of ether oxygens (including phenoxy) is 1. The van der Waals surface area contributed by atoms with Crippen LogP contribution in [0.5, 0.6) is 5.75 Å². The van der Waals surface area contributed by atoms with E-state index in [1.54, 1.807) is 4.68 Å². The molecule has 27 heavy (non-hydrogen) atoms. The summed E-state index contributed by atoms with van der Waals surface area (Å²) in [6, 6.07) is 8.10. The van der Waals surface area contributed by atoms with Crippen LogP contribution in [0.25, 0.3) is 0 Å². The van der Waals surface area contributed by atoms with Crippen LogP contribution in [0.4, 0.5) is 0 Å². The highest BCUT2D eigenvalue weighted by molar-refractivity contribution is 5.79. The van der Waals surface area contributed by atoms with Crippen LogP contribution < -0.4 is 10.1 Å². The quantitative estimate of drug-likeness (QED) is 0.904. The third-order valence-corrected chi connectivity index (χ3v) is 5.90. The van der Waals surface area contributed by atoms with Crippen molar-refractivity contribution in [2.75, 3.05) is 20.1 Å². The number of likely N-dealkylation sites (tertiary alicyclic amines) is 1. The number of carbonyl (C=O) groups excluding carboxylic acids is 1. The van der Waals surface area contributed by atoms with Crippen LogP contribution in [-0.4, -0.2) is 46.3 Å². The summed E-state index contributed by atoms with van der Waals surface area (Å²) in [5.74, 6) is 0.951. The van der Waals surface area contributed by atoms with E-state index in [2.05, 4.69) is 28.4 Å². The molecule has 0 bridgehead atoms. The number of aryl methyl sites for hydroxylation is 2. The Bertz CT molecular complexity index is 836. The van der Waals surface area contributed by atoms with Crippen LogP contribution in [0, 0.1) is 6.92 Å². The molecule has 4 rings (SSSR count).